The molecule has 3 aromatic rings. The summed E-state index contributed by atoms with van der Waals surface area (Å²) >= 11 is 6.25. The van der Waals surface area contributed by atoms with Crippen molar-refractivity contribution in [3.63, 3.8) is 0 Å². The Hall–Kier alpha value is -3.77. The number of sulfonamides is 1. The molecule has 0 heterocycles. The number of amides is 2. The lowest BCUT2D eigenvalue weighted by Gasteiger charge is -2.32. The maximum atomic E-state index is 13.9. The van der Waals surface area contributed by atoms with Crippen LogP contribution in [0.15, 0.2) is 77.7 Å². The lowest BCUT2D eigenvalue weighted by molar-refractivity contribution is -0.139. The zero-order valence-electron chi connectivity index (χ0n) is 23.2. The normalized spacial score (nSPS) is 12.4. The summed E-state index contributed by atoms with van der Waals surface area (Å²) in [6, 6.07) is 14.8. The minimum absolute atomic E-state index is 0.0981. The van der Waals surface area contributed by atoms with Gasteiger partial charge in [0.2, 0.25) is 11.8 Å². The number of hydrogen-bond donors (Lipinski definition) is 1. The minimum atomic E-state index is -4.81. The highest BCUT2D eigenvalue weighted by atomic mass is 35.5. The van der Waals surface area contributed by atoms with Crippen LogP contribution in [0.5, 0.6) is 5.75 Å². The molecule has 0 aliphatic carbocycles. The third-order valence-corrected chi connectivity index (χ3v) is 8.47. The van der Waals surface area contributed by atoms with Crippen LogP contribution in [-0.4, -0.2) is 51.4 Å². The number of benzene rings is 3. The number of halogens is 4. The third kappa shape index (κ3) is 7.95. The van der Waals surface area contributed by atoms with Crippen molar-refractivity contribution in [3.05, 3.63) is 88.9 Å². The molecule has 0 aliphatic rings. The molecule has 0 spiro atoms. The van der Waals surface area contributed by atoms with Crippen molar-refractivity contribution >= 4 is 39.1 Å². The third-order valence-electron chi connectivity index (χ3n) is 6.38. The predicted molar refractivity (Wildman–Crippen MR) is 154 cm³/mol. The van der Waals surface area contributed by atoms with Crippen molar-refractivity contribution in [1.29, 1.82) is 0 Å². The Kier molecular flexibility index (Phi) is 10.9. The van der Waals surface area contributed by atoms with Crippen LogP contribution < -0.4 is 14.4 Å². The predicted octanol–water partition coefficient (Wildman–Crippen LogP) is 5.51. The van der Waals surface area contributed by atoms with Gasteiger partial charge in [-0.15, -0.1) is 0 Å². The molecule has 0 aliphatic heterocycles. The lowest BCUT2D eigenvalue weighted by atomic mass is 10.1. The summed E-state index contributed by atoms with van der Waals surface area (Å²) in [5.74, 6) is -0.754. The summed E-state index contributed by atoms with van der Waals surface area (Å²) in [7, 11) is -3.10. The fourth-order valence-corrected chi connectivity index (χ4v) is 5.73. The van der Waals surface area contributed by atoms with Crippen LogP contribution in [0.2, 0.25) is 5.02 Å². The standard InChI is InChI=1S/C29H31ClF3N3O5S/c1-4-16-34-28(38)20(2)35(18-21-10-13-23(41-3)14-11-21)27(37)19-36(42(39,40)24-8-6-5-7-9-24)26-17-22(29(31,32)33)12-15-25(26)30/h5-15,17,20H,4,16,18-19H2,1-3H3,(H,34,38)/t20-/m0/s1. The summed E-state index contributed by atoms with van der Waals surface area (Å²) in [5, 5.41) is 2.40. The molecule has 0 radical (unpaired) electrons. The first-order valence-electron chi connectivity index (χ1n) is 12.9. The number of anilines is 1. The number of ether oxygens (including phenoxy) is 1. The summed E-state index contributed by atoms with van der Waals surface area (Å²) in [5.41, 5.74) is -1.07. The molecule has 3 rings (SSSR count). The lowest BCUT2D eigenvalue weighted by Crippen LogP contribution is -2.51. The van der Waals surface area contributed by atoms with Gasteiger partial charge >= 0.3 is 6.18 Å². The number of alkyl halides is 3. The van der Waals surface area contributed by atoms with Crippen LogP contribution in [0.1, 0.15) is 31.4 Å². The molecule has 42 heavy (non-hydrogen) atoms. The second-order valence-electron chi connectivity index (χ2n) is 9.33. The first-order valence-corrected chi connectivity index (χ1v) is 14.8. The fraction of sp³-hybridized carbons (Fsp3) is 0.310. The number of carbonyl (C=O) groups is 2. The Morgan fingerprint density at radius 1 is 1.02 bits per heavy atom. The van der Waals surface area contributed by atoms with E-state index in [-0.39, 0.29) is 16.5 Å². The van der Waals surface area contributed by atoms with E-state index >= 15 is 0 Å². The van der Waals surface area contributed by atoms with Crippen molar-refractivity contribution in [2.75, 3.05) is 24.5 Å². The second-order valence-corrected chi connectivity index (χ2v) is 11.6. The molecule has 3 aromatic carbocycles. The molecule has 0 aromatic heterocycles. The van der Waals surface area contributed by atoms with Crippen LogP contribution >= 0.6 is 11.6 Å². The van der Waals surface area contributed by atoms with E-state index in [1.54, 1.807) is 30.3 Å². The van der Waals surface area contributed by atoms with Crippen molar-refractivity contribution in [2.45, 2.75) is 43.9 Å². The number of hydrogen-bond acceptors (Lipinski definition) is 5. The molecule has 0 bridgehead atoms. The van der Waals surface area contributed by atoms with Crippen LogP contribution in [0.3, 0.4) is 0 Å². The van der Waals surface area contributed by atoms with Crippen LogP contribution in [0.4, 0.5) is 18.9 Å². The van der Waals surface area contributed by atoms with Gasteiger partial charge in [-0.05, 0) is 61.4 Å². The number of carbonyl (C=O) groups excluding carboxylic acids is 2. The monoisotopic (exact) mass is 625 g/mol. The Morgan fingerprint density at radius 2 is 1.67 bits per heavy atom. The summed E-state index contributed by atoms with van der Waals surface area (Å²) in [6.07, 6.45) is -4.17. The van der Waals surface area contributed by atoms with Gasteiger partial charge in [0.05, 0.1) is 28.3 Å². The summed E-state index contributed by atoms with van der Waals surface area (Å²) < 4.78 is 74.2. The van der Waals surface area contributed by atoms with E-state index in [2.05, 4.69) is 5.32 Å². The Bertz CT molecular complexity index is 1490. The van der Waals surface area contributed by atoms with E-state index < -0.39 is 51.9 Å². The fourth-order valence-electron chi connectivity index (χ4n) is 4.02. The maximum absolute atomic E-state index is 13.9. The molecule has 13 heteroatoms. The van der Waals surface area contributed by atoms with Gasteiger partial charge in [0.15, 0.2) is 0 Å². The smallest absolute Gasteiger partial charge is 0.416 e. The van der Waals surface area contributed by atoms with E-state index in [4.69, 9.17) is 16.3 Å². The first-order chi connectivity index (χ1) is 19.8. The van der Waals surface area contributed by atoms with Crippen LogP contribution in [-0.2, 0) is 32.3 Å². The Morgan fingerprint density at radius 3 is 2.24 bits per heavy atom. The minimum Gasteiger partial charge on any atom is -0.497 e. The van der Waals surface area contributed by atoms with Crippen LogP contribution in [0, 0.1) is 0 Å². The summed E-state index contributed by atoms with van der Waals surface area (Å²) in [4.78, 5) is 27.7. The van der Waals surface area contributed by atoms with Crippen molar-refractivity contribution in [3.8, 4) is 5.75 Å². The molecule has 0 saturated carbocycles. The van der Waals surface area contributed by atoms with Gasteiger partial charge in [0, 0.05) is 13.1 Å². The Balaban J connectivity index is 2.10. The van der Waals surface area contributed by atoms with Crippen molar-refractivity contribution in [1.82, 2.24) is 10.2 Å². The molecule has 8 nitrogen and oxygen atoms in total. The van der Waals surface area contributed by atoms with E-state index in [1.807, 2.05) is 6.92 Å². The first kappa shape index (κ1) is 32.7. The molecular weight excluding hydrogens is 595 g/mol. The summed E-state index contributed by atoms with van der Waals surface area (Å²) in [6.45, 7) is 2.66. The average Bonchev–Trinajstić information content (AvgIpc) is 2.97. The molecule has 2 amide bonds. The van der Waals surface area contributed by atoms with Gasteiger partial charge < -0.3 is 15.0 Å². The van der Waals surface area contributed by atoms with Gasteiger partial charge in [0.25, 0.3) is 10.0 Å². The average molecular weight is 626 g/mol. The van der Waals surface area contributed by atoms with Crippen molar-refractivity contribution in [2.24, 2.45) is 0 Å². The van der Waals surface area contributed by atoms with E-state index in [1.165, 1.54) is 43.2 Å². The molecular formula is C29H31ClF3N3O5S. The van der Waals surface area contributed by atoms with E-state index in [9.17, 15) is 31.2 Å². The number of methoxy groups -OCH3 is 1. The van der Waals surface area contributed by atoms with Gasteiger partial charge in [-0.1, -0.05) is 48.9 Å². The zero-order valence-corrected chi connectivity index (χ0v) is 24.8. The Labute approximate surface area is 248 Å². The topological polar surface area (TPSA) is 96.0 Å². The second kappa shape index (κ2) is 13.9. The van der Waals surface area contributed by atoms with Crippen molar-refractivity contribution < 1.29 is 35.9 Å². The van der Waals surface area contributed by atoms with E-state index in [0.717, 1.165) is 12.1 Å². The number of nitrogens with zero attached hydrogens (tertiary/aromatic N) is 2. The maximum Gasteiger partial charge on any atom is 0.416 e. The van der Waals surface area contributed by atoms with Gasteiger partial charge in [0.1, 0.15) is 18.3 Å². The quantitative estimate of drug-likeness (QED) is 0.287. The van der Waals surface area contributed by atoms with Gasteiger partial charge in [-0.2, -0.15) is 13.2 Å². The number of nitrogens with one attached hydrogen (secondary N) is 1. The molecule has 0 unspecified atom stereocenters. The number of rotatable bonds is 12. The highest BCUT2D eigenvalue weighted by Crippen LogP contribution is 2.37. The molecule has 0 saturated heterocycles. The highest BCUT2D eigenvalue weighted by Gasteiger charge is 2.36. The zero-order chi connectivity index (χ0) is 31.1. The molecule has 1 N–H and O–H groups in total. The molecule has 226 valence electrons. The largest absolute Gasteiger partial charge is 0.497 e. The molecule has 1 atom stereocenters. The SMILES string of the molecule is CCCNC(=O)[C@H](C)N(Cc1ccc(OC)cc1)C(=O)CN(c1cc(C(F)(F)F)ccc1Cl)S(=O)(=O)c1ccccc1. The van der Waals surface area contributed by atoms with Crippen LogP contribution in [0.25, 0.3) is 0 Å². The molecule has 0 fully saturated rings. The van der Waals surface area contributed by atoms with Gasteiger partial charge in [-0.25, -0.2) is 8.42 Å². The van der Waals surface area contributed by atoms with Gasteiger partial charge in [-0.3, -0.25) is 13.9 Å². The highest BCUT2D eigenvalue weighted by molar-refractivity contribution is 7.92. The van der Waals surface area contributed by atoms with E-state index in [0.29, 0.717) is 34.7 Å².